The summed E-state index contributed by atoms with van der Waals surface area (Å²) in [5.41, 5.74) is 0. The Morgan fingerprint density at radius 2 is 1.80 bits per heavy atom. The Morgan fingerprint density at radius 3 is 2.36 bits per heavy atom. The predicted molar refractivity (Wildman–Crippen MR) is 93.9 cm³/mol. The molecule has 25 heavy (non-hydrogen) atoms. The molecular formula is C17H27F2N3O2S. The number of hydrogen-bond donors (Lipinski definition) is 0. The average Bonchev–Trinajstić information content (AvgIpc) is 2.97. The maximum absolute atomic E-state index is 13.5. The molecule has 1 aliphatic heterocycles. The molecule has 0 radical (unpaired) electrons. The van der Waals surface area contributed by atoms with Gasteiger partial charge in [0, 0.05) is 31.7 Å². The van der Waals surface area contributed by atoms with Crippen LogP contribution in [0.1, 0.15) is 19.8 Å². The monoisotopic (exact) mass is 375 g/mol. The van der Waals surface area contributed by atoms with Crippen molar-refractivity contribution in [3.63, 3.8) is 0 Å². The van der Waals surface area contributed by atoms with E-state index in [4.69, 9.17) is 0 Å². The molecule has 2 rings (SSSR count). The average molecular weight is 375 g/mol. The SMILES string of the molecule is CCN1CCC[C@@H]1CN(CCN(C)C)S(=O)(=O)c1cc(F)cc(F)c1. The summed E-state index contributed by atoms with van der Waals surface area (Å²) in [6.45, 7) is 5.02. The Hall–Kier alpha value is -1.09. The van der Waals surface area contributed by atoms with Crippen LogP contribution >= 0.6 is 0 Å². The van der Waals surface area contributed by atoms with Crippen LogP contribution in [-0.4, -0.2) is 75.4 Å². The predicted octanol–water partition coefficient (Wildman–Crippen LogP) is 2.00. The first-order valence-corrected chi connectivity index (χ1v) is 10.0. The zero-order valence-corrected chi connectivity index (χ0v) is 15.9. The Morgan fingerprint density at radius 1 is 1.16 bits per heavy atom. The molecule has 142 valence electrons. The lowest BCUT2D eigenvalue weighted by Crippen LogP contribution is -2.45. The maximum atomic E-state index is 13.5. The topological polar surface area (TPSA) is 43.9 Å². The van der Waals surface area contributed by atoms with Crippen molar-refractivity contribution in [3.05, 3.63) is 29.8 Å². The van der Waals surface area contributed by atoms with Crippen molar-refractivity contribution in [3.8, 4) is 0 Å². The van der Waals surface area contributed by atoms with Crippen LogP contribution in [0.2, 0.25) is 0 Å². The summed E-state index contributed by atoms with van der Waals surface area (Å²) < 4.78 is 54.4. The van der Waals surface area contributed by atoms with Crippen molar-refractivity contribution in [2.75, 3.05) is 46.8 Å². The molecule has 0 amide bonds. The van der Waals surface area contributed by atoms with Crippen LogP contribution in [0.15, 0.2) is 23.1 Å². The molecule has 0 saturated carbocycles. The van der Waals surface area contributed by atoms with E-state index in [1.165, 1.54) is 4.31 Å². The third-order valence-corrected chi connectivity index (χ3v) is 6.43. The molecule has 1 fully saturated rings. The summed E-state index contributed by atoms with van der Waals surface area (Å²) in [5, 5.41) is 0. The van der Waals surface area contributed by atoms with Gasteiger partial charge in [0.05, 0.1) is 4.90 Å². The van der Waals surface area contributed by atoms with Crippen molar-refractivity contribution in [2.45, 2.75) is 30.7 Å². The number of rotatable bonds is 8. The van der Waals surface area contributed by atoms with Crippen LogP contribution in [0.25, 0.3) is 0 Å². The van der Waals surface area contributed by atoms with Gasteiger partial charge in [0.2, 0.25) is 10.0 Å². The molecule has 0 aromatic heterocycles. The summed E-state index contributed by atoms with van der Waals surface area (Å²) >= 11 is 0. The number of likely N-dealkylation sites (N-methyl/N-ethyl adjacent to an activating group) is 2. The van der Waals surface area contributed by atoms with Gasteiger partial charge in [-0.1, -0.05) is 6.92 Å². The van der Waals surface area contributed by atoms with Gasteiger partial charge < -0.3 is 4.90 Å². The fourth-order valence-electron chi connectivity index (χ4n) is 3.20. The first-order chi connectivity index (χ1) is 11.7. The zero-order valence-electron chi connectivity index (χ0n) is 15.1. The van der Waals surface area contributed by atoms with Crippen molar-refractivity contribution in [1.29, 1.82) is 0 Å². The first kappa shape index (κ1) is 20.2. The highest BCUT2D eigenvalue weighted by molar-refractivity contribution is 7.89. The molecule has 1 heterocycles. The third-order valence-electron chi connectivity index (χ3n) is 4.59. The van der Waals surface area contributed by atoms with E-state index in [9.17, 15) is 17.2 Å². The third kappa shape index (κ3) is 5.20. The molecular weight excluding hydrogens is 348 g/mol. The van der Waals surface area contributed by atoms with E-state index in [0.29, 0.717) is 19.2 Å². The second-order valence-corrected chi connectivity index (χ2v) is 8.63. The molecule has 0 N–H and O–H groups in total. The number of likely N-dealkylation sites (tertiary alicyclic amines) is 1. The lowest BCUT2D eigenvalue weighted by Gasteiger charge is -2.30. The Bertz CT molecular complexity index is 662. The van der Waals surface area contributed by atoms with Gasteiger partial charge in [-0.3, -0.25) is 4.90 Å². The molecule has 1 atom stereocenters. The second kappa shape index (κ2) is 8.53. The van der Waals surface area contributed by atoms with Gasteiger partial charge in [-0.25, -0.2) is 17.2 Å². The second-order valence-electron chi connectivity index (χ2n) is 6.70. The summed E-state index contributed by atoms with van der Waals surface area (Å²) in [5.74, 6) is -1.77. The van der Waals surface area contributed by atoms with Crippen LogP contribution in [0.5, 0.6) is 0 Å². The zero-order chi connectivity index (χ0) is 18.6. The summed E-state index contributed by atoms with van der Waals surface area (Å²) in [6, 6.07) is 2.58. The van der Waals surface area contributed by atoms with Crippen LogP contribution < -0.4 is 0 Å². The molecule has 0 unspecified atom stereocenters. The molecule has 5 nitrogen and oxygen atoms in total. The van der Waals surface area contributed by atoms with E-state index in [0.717, 1.165) is 38.1 Å². The fourth-order valence-corrected chi connectivity index (χ4v) is 4.71. The molecule has 0 aliphatic carbocycles. The normalized spacial score (nSPS) is 19.2. The van der Waals surface area contributed by atoms with Crippen LogP contribution in [0, 0.1) is 11.6 Å². The summed E-state index contributed by atoms with van der Waals surface area (Å²) in [4.78, 5) is 3.82. The maximum Gasteiger partial charge on any atom is 0.243 e. The number of halogens is 2. The highest BCUT2D eigenvalue weighted by Gasteiger charge is 2.32. The largest absolute Gasteiger partial charge is 0.308 e. The quantitative estimate of drug-likeness (QED) is 0.697. The van der Waals surface area contributed by atoms with Crippen molar-refractivity contribution in [1.82, 2.24) is 14.1 Å². The molecule has 1 saturated heterocycles. The molecule has 8 heteroatoms. The standard InChI is InChI=1S/C17H27F2N3O2S/c1-4-21-7-5-6-16(21)13-22(9-8-20(2)3)25(23,24)17-11-14(18)10-15(19)12-17/h10-12,16H,4-9,13H2,1-3H3/t16-/m1/s1. The lowest BCUT2D eigenvalue weighted by molar-refractivity contribution is 0.220. The molecule has 1 aromatic carbocycles. The fraction of sp³-hybridized carbons (Fsp3) is 0.647. The van der Waals surface area contributed by atoms with E-state index in [1.807, 2.05) is 19.0 Å². The lowest BCUT2D eigenvalue weighted by atomic mass is 10.2. The molecule has 1 aliphatic rings. The number of sulfonamides is 1. The van der Waals surface area contributed by atoms with Gasteiger partial charge in [0.1, 0.15) is 11.6 Å². The van der Waals surface area contributed by atoms with E-state index in [1.54, 1.807) is 0 Å². The van der Waals surface area contributed by atoms with E-state index >= 15 is 0 Å². The summed E-state index contributed by atoms with van der Waals surface area (Å²) in [6.07, 6.45) is 1.97. The van der Waals surface area contributed by atoms with Gasteiger partial charge >= 0.3 is 0 Å². The molecule has 0 bridgehead atoms. The van der Waals surface area contributed by atoms with Crippen molar-refractivity contribution in [2.24, 2.45) is 0 Å². The van der Waals surface area contributed by atoms with Gasteiger partial charge in [-0.15, -0.1) is 0 Å². The smallest absolute Gasteiger partial charge is 0.243 e. The van der Waals surface area contributed by atoms with Gasteiger partial charge in [0.25, 0.3) is 0 Å². The van der Waals surface area contributed by atoms with E-state index in [2.05, 4.69) is 11.8 Å². The Balaban J connectivity index is 2.29. The van der Waals surface area contributed by atoms with Crippen LogP contribution in [0.4, 0.5) is 8.78 Å². The Labute approximate surface area is 149 Å². The highest BCUT2D eigenvalue weighted by atomic mass is 32.2. The minimum atomic E-state index is -3.96. The number of nitrogens with zero attached hydrogens (tertiary/aromatic N) is 3. The van der Waals surface area contributed by atoms with Crippen molar-refractivity contribution < 1.29 is 17.2 Å². The minimum Gasteiger partial charge on any atom is -0.308 e. The number of hydrogen-bond acceptors (Lipinski definition) is 4. The number of benzene rings is 1. The summed E-state index contributed by atoms with van der Waals surface area (Å²) in [7, 11) is -0.238. The molecule has 1 aromatic rings. The van der Waals surface area contributed by atoms with Crippen LogP contribution in [-0.2, 0) is 10.0 Å². The van der Waals surface area contributed by atoms with E-state index < -0.39 is 21.7 Å². The van der Waals surface area contributed by atoms with Crippen molar-refractivity contribution >= 4 is 10.0 Å². The first-order valence-electron chi connectivity index (χ1n) is 8.59. The van der Waals surface area contributed by atoms with Gasteiger partial charge in [-0.05, 0) is 52.2 Å². The van der Waals surface area contributed by atoms with Gasteiger partial charge in [0.15, 0.2) is 0 Å². The molecule has 0 spiro atoms. The minimum absolute atomic E-state index is 0.139. The Kier molecular flexibility index (Phi) is 6.90. The van der Waals surface area contributed by atoms with Crippen LogP contribution in [0.3, 0.4) is 0 Å². The highest BCUT2D eigenvalue weighted by Crippen LogP contribution is 2.23. The van der Waals surface area contributed by atoms with Gasteiger partial charge in [-0.2, -0.15) is 4.31 Å². The van der Waals surface area contributed by atoms with E-state index in [-0.39, 0.29) is 17.5 Å².